The van der Waals surface area contributed by atoms with Crippen LogP contribution in [0.3, 0.4) is 0 Å². The first-order chi connectivity index (χ1) is 15.9. The summed E-state index contributed by atoms with van der Waals surface area (Å²) >= 11 is 10.3. The molecule has 1 heterocycles. The largest absolute Gasteiger partial charge is 0.488 e. The van der Waals surface area contributed by atoms with Crippen LogP contribution >= 0.6 is 39.3 Å². The fraction of sp³-hybridized carbons (Fsp3) is 0.0417. The van der Waals surface area contributed by atoms with Crippen molar-refractivity contribution in [2.45, 2.75) is 6.61 Å². The van der Waals surface area contributed by atoms with E-state index < -0.39 is 5.91 Å². The molecule has 3 aromatic carbocycles. The van der Waals surface area contributed by atoms with Gasteiger partial charge in [0.25, 0.3) is 11.8 Å². The molecule has 1 N–H and O–H groups in total. The van der Waals surface area contributed by atoms with Crippen molar-refractivity contribution >= 4 is 62.4 Å². The molecule has 5 nitrogen and oxygen atoms in total. The Morgan fingerprint density at radius 1 is 1.15 bits per heavy atom. The monoisotopic (exact) mass is 544 g/mol. The van der Waals surface area contributed by atoms with Crippen LogP contribution in [0.2, 0.25) is 5.02 Å². The minimum Gasteiger partial charge on any atom is -0.488 e. The third kappa shape index (κ3) is 6.10. The van der Waals surface area contributed by atoms with Gasteiger partial charge in [-0.25, -0.2) is 4.39 Å². The third-order valence-electron chi connectivity index (χ3n) is 4.49. The molecular formula is C24H15BrClFN2O3S. The molecule has 0 spiro atoms. The predicted molar refractivity (Wildman–Crippen MR) is 132 cm³/mol. The van der Waals surface area contributed by atoms with Gasteiger partial charge in [-0.05, 0) is 78.0 Å². The highest BCUT2D eigenvalue weighted by atomic mass is 79.9. The highest BCUT2D eigenvalue weighted by molar-refractivity contribution is 9.10. The lowest BCUT2D eigenvalue weighted by Crippen LogP contribution is -2.20. The molecule has 1 aliphatic heterocycles. The second-order valence-electron chi connectivity index (χ2n) is 6.89. The number of benzene rings is 3. The highest BCUT2D eigenvalue weighted by Crippen LogP contribution is 2.31. The van der Waals surface area contributed by atoms with E-state index in [9.17, 15) is 14.0 Å². The van der Waals surface area contributed by atoms with E-state index in [1.54, 1.807) is 54.6 Å². The zero-order valence-electron chi connectivity index (χ0n) is 16.8. The van der Waals surface area contributed by atoms with Gasteiger partial charge in [-0.2, -0.15) is 4.99 Å². The van der Waals surface area contributed by atoms with Crippen molar-refractivity contribution in [2.75, 3.05) is 0 Å². The van der Waals surface area contributed by atoms with Crippen LogP contribution < -0.4 is 10.1 Å². The van der Waals surface area contributed by atoms with Crippen LogP contribution in [0.15, 0.2) is 81.1 Å². The molecule has 3 aromatic rings. The van der Waals surface area contributed by atoms with Gasteiger partial charge in [0.05, 0.1) is 4.91 Å². The number of amides is 2. The Morgan fingerprint density at radius 2 is 1.94 bits per heavy atom. The molecule has 0 bridgehead atoms. The van der Waals surface area contributed by atoms with E-state index in [-0.39, 0.29) is 23.5 Å². The van der Waals surface area contributed by atoms with Crippen molar-refractivity contribution in [1.82, 2.24) is 5.32 Å². The van der Waals surface area contributed by atoms with Crippen LogP contribution in [0.1, 0.15) is 21.5 Å². The molecule has 0 aromatic heterocycles. The third-order valence-corrected chi connectivity index (χ3v) is 6.14. The average molecular weight is 546 g/mol. The number of rotatable bonds is 5. The van der Waals surface area contributed by atoms with E-state index in [1.807, 2.05) is 6.07 Å². The molecule has 1 aliphatic rings. The molecular weight excluding hydrogens is 531 g/mol. The van der Waals surface area contributed by atoms with Crippen molar-refractivity contribution in [3.8, 4) is 5.75 Å². The fourth-order valence-electron chi connectivity index (χ4n) is 2.92. The van der Waals surface area contributed by atoms with Gasteiger partial charge >= 0.3 is 0 Å². The molecule has 4 rings (SSSR count). The zero-order chi connectivity index (χ0) is 23.4. The van der Waals surface area contributed by atoms with Crippen molar-refractivity contribution in [1.29, 1.82) is 0 Å². The Hall–Kier alpha value is -2.94. The zero-order valence-corrected chi connectivity index (χ0v) is 20.0. The quantitative estimate of drug-likeness (QED) is 0.387. The van der Waals surface area contributed by atoms with Crippen LogP contribution in [0.5, 0.6) is 5.75 Å². The van der Waals surface area contributed by atoms with Crippen molar-refractivity contribution < 1.29 is 18.7 Å². The number of carbonyl (C=O) groups excluding carboxylic acids is 2. The topological polar surface area (TPSA) is 67.8 Å². The number of hydrogen-bond acceptors (Lipinski definition) is 4. The van der Waals surface area contributed by atoms with Gasteiger partial charge in [-0.3, -0.25) is 9.59 Å². The Bertz CT molecular complexity index is 1300. The average Bonchev–Trinajstić information content (AvgIpc) is 3.12. The number of carbonyl (C=O) groups is 2. The lowest BCUT2D eigenvalue weighted by molar-refractivity contribution is -0.115. The summed E-state index contributed by atoms with van der Waals surface area (Å²) in [7, 11) is 0. The first-order valence-corrected chi connectivity index (χ1v) is 11.6. The summed E-state index contributed by atoms with van der Waals surface area (Å²) in [5.41, 5.74) is 1.68. The van der Waals surface area contributed by atoms with Gasteiger partial charge in [0, 0.05) is 20.6 Å². The van der Waals surface area contributed by atoms with E-state index in [2.05, 4.69) is 26.2 Å². The molecule has 1 saturated heterocycles. The number of nitrogens with one attached hydrogen (secondary N) is 1. The van der Waals surface area contributed by atoms with E-state index in [0.29, 0.717) is 32.4 Å². The van der Waals surface area contributed by atoms with Crippen molar-refractivity contribution in [3.05, 3.63) is 104 Å². The van der Waals surface area contributed by atoms with E-state index >= 15 is 0 Å². The van der Waals surface area contributed by atoms with Crippen LogP contribution in [-0.4, -0.2) is 17.0 Å². The molecule has 33 heavy (non-hydrogen) atoms. The standard InChI is InChI=1S/C24H15BrClFN2O3S/c25-17-6-9-20(32-13-14-2-1-3-19(27)10-14)16(11-17)12-21-23(31)29-24(33-21)28-22(30)15-4-7-18(26)8-5-15/h1-12H,13H2,(H,28,29,30,31)/b21-12-. The Balaban J connectivity index is 1.53. The van der Waals surface area contributed by atoms with Crippen molar-refractivity contribution in [2.24, 2.45) is 4.99 Å². The fourth-order valence-corrected chi connectivity index (χ4v) is 4.24. The minimum atomic E-state index is -0.489. The molecule has 0 atom stereocenters. The molecule has 0 aliphatic carbocycles. The number of halogens is 3. The van der Waals surface area contributed by atoms with Gasteiger partial charge in [-0.15, -0.1) is 0 Å². The number of amidine groups is 1. The molecule has 1 fully saturated rings. The molecule has 166 valence electrons. The van der Waals surface area contributed by atoms with Gasteiger partial charge < -0.3 is 10.1 Å². The number of ether oxygens (including phenoxy) is 1. The minimum absolute atomic E-state index is 0.164. The van der Waals surface area contributed by atoms with E-state index in [4.69, 9.17) is 16.3 Å². The Morgan fingerprint density at radius 3 is 2.70 bits per heavy atom. The maximum Gasteiger partial charge on any atom is 0.279 e. The highest BCUT2D eigenvalue weighted by Gasteiger charge is 2.25. The summed E-state index contributed by atoms with van der Waals surface area (Å²) in [4.78, 5) is 29.2. The molecule has 0 unspecified atom stereocenters. The predicted octanol–water partition coefficient (Wildman–Crippen LogP) is 6.22. The number of aliphatic imine (C=N–C) groups is 1. The van der Waals surface area contributed by atoms with E-state index in [1.165, 1.54) is 12.1 Å². The van der Waals surface area contributed by atoms with Crippen LogP contribution in [0.4, 0.5) is 4.39 Å². The van der Waals surface area contributed by atoms with Crippen LogP contribution in [-0.2, 0) is 11.4 Å². The van der Waals surface area contributed by atoms with E-state index in [0.717, 1.165) is 16.2 Å². The maximum absolute atomic E-state index is 13.4. The van der Waals surface area contributed by atoms with Gasteiger partial charge in [0.15, 0.2) is 5.17 Å². The smallest absolute Gasteiger partial charge is 0.279 e. The van der Waals surface area contributed by atoms with Gasteiger partial charge in [-0.1, -0.05) is 39.7 Å². The Labute approximate surface area is 206 Å². The summed E-state index contributed by atoms with van der Waals surface area (Å²) in [6.07, 6.45) is 1.65. The molecule has 0 radical (unpaired) electrons. The number of thioether (sulfide) groups is 1. The second kappa shape index (κ2) is 10.3. The van der Waals surface area contributed by atoms with Crippen molar-refractivity contribution in [3.63, 3.8) is 0 Å². The number of nitrogens with zero attached hydrogens (tertiary/aromatic N) is 1. The lowest BCUT2D eigenvalue weighted by atomic mass is 10.1. The molecule has 2 amide bonds. The first kappa shape index (κ1) is 23.2. The SMILES string of the molecule is O=C1NC(=NC(=O)c2ccc(Cl)cc2)S/C1=C\c1cc(Br)ccc1OCc1cccc(F)c1. The Kier molecular flexibility index (Phi) is 7.27. The van der Waals surface area contributed by atoms with Gasteiger partial charge in [0.2, 0.25) is 0 Å². The maximum atomic E-state index is 13.4. The normalized spacial score (nSPS) is 15.7. The summed E-state index contributed by atoms with van der Waals surface area (Å²) in [6, 6.07) is 17.8. The molecule has 9 heteroatoms. The summed E-state index contributed by atoms with van der Waals surface area (Å²) in [5, 5.41) is 3.29. The van der Waals surface area contributed by atoms with Crippen LogP contribution in [0, 0.1) is 5.82 Å². The summed E-state index contributed by atoms with van der Waals surface area (Å²) in [5.74, 6) is -0.685. The summed E-state index contributed by atoms with van der Waals surface area (Å²) < 4.78 is 20.1. The lowest BCUT2D eigenvalue weighted by Gasteiger charge is -2.10. The van der Waals surface area contributed by atoms with Crippen LogP contribution in [0.25, 0.3) is 6.08 Å². The second-order valence-corrected chi connectivity index (χ2v) is 9.28. The van der Waals surface area contributed by atoms with Gasteiger partial charge in [0.1, 0.15) is 18.2 Å². The number of hydrogen-bond donors (Lipinski definition) is 1. The molecule has 0 saturated carbocycles. The first-order valence-electron chi connectivity index (χ1n) is 9.64. The summed E-state index contributed by atoms with van der Waals surface area (Å²) in [6.45, 7) is 0.164.